The fraction of sp³-hybridized carbons (Fsp3) is 0.581. The van der Waals surface area contributed by atoms with Gasteiger partial charge < -0.3 is 15.0 Å². The maximum atomic E-state index is 13.1. The van der Waals surface area contributed by atoms with Gasteiger partial charge in [0, 0.05) is 69.9 Å². The highest BCUT2D eigenvalue weighted by Gasteiger charge is 2.33. The third kappa shape index (κ3) is 7.52. The van der Waals surface area contributed by atoms with Gasteiger partial charge in [-0.1, -0.05) is 0 Å². The van der Waals surface area contributed by atoms with Gasteiger partial charge in [-0.15, -0.1) is 0 Å². The Labute approximate surface area is 277 Å². The molecule has 0 radical (unpaired) electrons. The largest absolute Gasteiger partial charge is 0.432 e. The number of rotatable bonds is 11. The molecule has 3 aliphatic rings. The quantitative estimate of drug-likeness (QED) is 0.285. The summed E-state index contributed by atoms with van der Waals surface area (Å²) in [4.78, 5) is 36.8. The number of hydrogen-bond donors (Lipinski definition) is 2. The predicted octanol–water partition coefficient (Wildman–Crippen LogP) is 2.21. The molecule has 2 N–H and O–H groups in total. The maximum absolute atomic E-state index is 13.1. The second kappa shape index (κ2) is 14.3. The van der Waals surface area contributed by atoms with Crippen LogP contribution in [0.1, 0.15) is 49.3 Å². The number of benzene rings is 1. The van der Waals surface area contributed by atoms with Crippen molar-refractivity contribution >= 4 is 44.4 Å². The van der Waals surface area contributed by atoms with Crippen molar-refractivity contribution in [1.29, 1.82) is 0 Å². The Morgan fingerprint density at radius 1 is 1.04 bits per heavy atom. The van der Waals surface area contributed by atoms with Crippen molar-refractivity contribution < 1.29 is 31.5 Å². The summed E-state index contributed by atoms with van der Waals surface area (Å²) in [5.74, 6) is -0.739. The molecule has 3 aliphatic heterocycles. The summed E-state index contributed by atoms with van der Waals surface area (Å²) in [5.41, 5.74) is 3.88. The normalized spacial score (nSPS) is 20.4. The van der Waals surface area contributed by atoms with E-state index in [9.17, 15) is 26.8 Å². The van der Waals surface area contributed by atoms with Crippen LogP contribution >= 0.6 is 0 Å². The van der Waals surface area contributed by atoms with E-state index in [2.05, 4.69) is 48.1 Å². The van der Waals surface area contributed by atoms with E-state index < -0.39 is 22.6 Å². The van der Waals surface area contributed by atoms with Crippen LogP contribution in [-0.2, 0) is 26.7 Å². The Morgan fingerprint density at radius 3 is 2.42 bits per heavy atom. The number of imide groups is 1. The Hall–Kier alpha value is -3.96. The minimum atomic E-state index is -3.39. The van der Waals surface area contributed by atoms with Gasteiger partial charge in [0.15, 0.2) is 5.75 Å². The summed E-state index contributed by atoms with van der Waals surface area (Å²) in [6.45, 7) is 3.86. The Kier molecular flexibility index (Phi) is 10.1. The first-order valence-corrected chi connectivity index (χ1v) is 17.9. The number of nitrogens with zero attached hydrogens (tertiary/aromatic N) is 7. The van der Waals surface area contributed by atoms with Gasteiger partial charge in [0.2, 0.25) is 27.8 Å². The van der Waals surface area contributed by atoms with Crippen LogP contribution in [0.5, 0.6) is 5.75 Å². The van der Waals surface area contributed by atoms with Crippen molar-refractivity contribution in [3.8, 4) is 5.75 Å². The molecule has 0 aliphatic carbocycles. The van der Waals surface area contributed by atoms with Crippen molar-refractivity contribution in [2.75, 3.05) is 61.8 Å². The summed E-state index contributed by atoms with van der Waals surface area (Å²) >= 11 is 0. The number of fused-ring (bicyclic) bond motifs is 1. The van der Waals surface area contributed by atoms with Crippen molar-refractivity contribution in [2.24, 2.45) is 7.05 Å². The molecule has 14 nitrogen and oxygen atoms in total. The molecular weight excluding hydrogens is 648 g/mol. The highest BCUT2D eigenvalue weighted by atomic mass is 32.2. The predicted molar refractivity (Wildman–Crippen MR) is 175 cm³/mol. The Morgan fingerprint density at radius 2 is 1.75 bits per heavy atom. The smallest absolute Gasteiger partial charge is 0.387 e. The Bertz CT molecular complexity index is 1740. The van der Waals surface area contributed by atoms with Gasteiger partial charge >= 0.3 is 6.61 Å². The third-order valence-electron chi connectivity index (χ3n) is 9.45. The van der Waals surface area contributed by atoms with Crippen molar-refractivity contribution in [3.05, 3.63) is 35.8 Å². The highest BCUT2D eigenvalue weighted by Crippen LogP contribution is 2.35. The minimum absolute atomic E-state index is 0.0239. The van der Waals surface area contributed by atoms with Crippen molar-refractivity contribution in [2.45, 2.75) is 57.6 Å². The monoisotopic (exact) mass is 689 g/mol. The number of alkyl halides is 2. The van der Waals surface area contributed by atoms with Gasteiger partial charge in [0.1, 0.15) is 0 Å². The number of piperidine rings is 2. The molecule has 260 valence electrons. The van der Waals surface area contributed by atoms with Crippen LogP contribution in [0.3, 0.4) is 0 Å². The van der Waals surface area contributed by atoms with Crippen LogP contribution in [0.25, 0.3) is 10.9 Å². The summed E-state index contributed by atoms with van der Waals surface area (Å²) in [5, 5.41) is 11.2. The summed E-state index contributed by atoms with van der Waals surface area (Å²) in [6.07, 6.45) is 4.82. The number of carbonyl (C=O) groups is 2. The average Bonchev–Trinajstić information content (AvgIpc) is 3.39. The summed E-state index contributed by atoms with van der Waals surface area (Å²) in [6, 6.07) is 4.09. The fourth-order valence-electron chi connectivity index (χ4n) is 6.96. The van der Waals surface area contributed by atoms with Gasteiger partial charge in [0.05, 0.1) is 35.3 Å². The lowest BCUT2D eigenvalue weighted by atomic mass is 9.92. The molecule has 3 fully saturated rings. The van der Waals surface area contributed by atoms with Gasteiger partial charge in [-0.05, 0) is 56.8 Å². The second-order valence-electron chi connectivity index (χ2n) is 12.6. The van der Waals surface area contributed by atoms with Gasteiger partial charge in [-0.3, -0.25) is 24.5 Å². The standard InChI is InChI=1S/C31H41F2N9O5S/c1-20-25(6-4-23-27(38-39(2)28(20)23)24-5-7-26(43)37-29(24)44)41-15-13-40(14-16-41)10-3-17-48(45,46)42-11-8-21(9-12-42)36-31-34-18-22(19-35-31)47-30(32)33/h4,6,18-19,21,24,30H,3,5,7-17H2,1-2H3,(H,34,35,36)(H,37,43,44). The fourth-order valence-corrected chi connectivity index (χ4v) is 8.48. The molecule has 0 spiro atoms. The van der Waals surface area contributed by atoms with E-state index in [4.69, 9.17) is 5.10 Å². The molecule has 6 rings (SSSR count). The molecule has 1 aromatic carbocycles. The van der Waals surface area contributed by atoms with Gasteiger partial charge in [-0.25, -0.2) is 22.7 Å². The molecule has 1 unspecified atom stereocenters. The number of nitrogens with one attached hydrogen (secondary N) is 2. The number of piperazine rings is 1. The van der Waals surface area contributed by atoms with E-state index >= 15 is 0 Å². The number of carbonyl (C=O) groups excluding carboxylic acids is 2. The highest BCUT2D eigenvalue weighted by molar-refractivity contribution is 7.89. The molecule has 48 heavy (non-hydrogen) atoms. The number of hydrogen-bond acceptors (Lipinski definition) is 11. The maximum Gasteiger partial charge on any atom is 0.387 e. The van der Waals surface area contributed by atoms with E-state index in [1.54, 1.807) is 4.31 Å². The van der Waals surface area contributed by atoms with E-state index in [-0.39, 0.29) is 35.3 Å². The van der Waals surface area contributed by atoms with Crippen LogP contribution in [0.4, 0.5) is 20.4 Å². The topological polar surface area (TPSA) is 155 Å². The first kappa shape index (κ1) is 33.9. The molecule has 2 aromatic heterocycles. The van der Waals surface area contributed by atoms with Gasteiger partial charge in [-0.2, -0.15) is 13.9 Å². The first-order valence-electron chi connectivity index (χ1n) is 16.3. The molecule has 0 bridgehead atoms. The second-order valence-corrected chi connectivity index (χ2v) is 14.6. The zero-order valence-electron chi connectivity index (χ0n) is 27.1. The Balaban J connectivity index is 0.956. The number of amides is 2. The average molecular weight is 690 g/mol. The summed E-state index contributed by atoms with van der Waals surface area (Å²) < 4.78 is 58.5. The van der Waals surface area contributed by atoms with Crippen LogP contribution in [0.15, 0.2) is 24.5 Å². The molecular formula is C31H41F2N9O5S. The van der Waals surface area contributed by atoms with Crippen LogP contribution in [0, 0.1) is 6.92 Å². The van der Waals surface area contributed by atoms with Crippen LogP contribution in [0.2, 0.25) is 0 Å². The zero-order valence-corrected chi connectivity index (χ0v) is 27.9. The molecule has 2 amide bonds. The lowest BCUT2D eigenvalue weighted by Gasteiger charge is -2.37. The minimum Gasteiger partial charge on any atom is -0.432 e. The van der Waals surface area contributed by atoms with E-state index in [1.807, 2.05) is 17.8 Å². The van der Waals surface area contributed by atoms with E-state index in [0.29, 0.717) is 57.4 Å². The lowest BCUT2D eigenvalue weighted by molar-refractivity contribution is -0.134. The number of sulfonamides is 1. The van der Waals surface area contributed by atoms with Crippen LogP contribution in [-0.4, -0.2) is 113 Å². The number of ether oxygens (including phenoxy) is 1. The number of anilines is 2. The third-order valence-corrected chi connectivity index (χ3v) is 11.4. The molecule has 0 saturated carbocycles. The van der Waals surface area contributed by atoms with E-state index in [1.165, 1.54) is 12.4 Å². The zero-order chi connectivity index (χ0) is 34.0. The van der Waals surface area contributed by atoms with Gasteiger partial charge in [0.25, 0.3) is 0 Å². The SMILES string of the molecule is Cc1c(N2CCN(CCCS(=O)(=O)N3CCC(Nc4ncc(OC(F)F)cn4)CC3)CC2)ccc2c(C3CCC(=O)NC3=O)nn(C)c12. The van der Waals surface area contributed by atoms with Crippen molar-refractivity contribution in [3.63, 3.8) is 0 Å². The van der Waals surface area contributed by atoms with Crippen LogP contribution < -0.4 is 20.3 Å². The molecule has 1 atom stereocenters. The molecule has 5 heterocycles. The van der Waals surface area contributed by atoms with Crippen molar-refractivity contribution in [1.82, 2.24) is 34.3 Å². The molecule has 3 aromatic rings. The molecule has 3 saturated heterocycles. The first-order chi connectivity index (χ1) is 23.0. The lowest BCUT2D eigenvalue weighted by Crippen LogP contribution is -2.47. The summed E-state index contributed by atoms with van der Waals surface area (Å²) in [7, 11) is -1.51. The number of aromatic nitrogens is 4. The van der Waals surface area contributed by atoms with E-state index in [0.717, 1.165) is 48.3 Å². The molecule has 17 heteroatoms. The number of halogens is 2. The number of aryl methyl sites for hydroxylation is 2.